The highest BCUT2D eigenvalue weighted by Crippen LogP contribution is 2.40. The normalized spacial score (nSPS) is 14.2. The molecule has 0 unspecified atom stereocenters. The minimum absolute atomic E-state index is 0.629. The first kappa shape index (κ1) is 25.9. The molecule has 0 saturated heterocycles. The standard InChI is InChI=1S/C36H30N8/c1-21-22-13-5-6-14-23(22)30(37-2)40-34-28-19-11-12-20-29(28)36(44(34)4)42-32-25-16-8-7-15-24(25)31(39-32)41-35-27-18-10-9-17-26(27)33(38-21)43(35)3/h5-20,39,41H,1-4H3. The quantitative estimate of drug-likeness (QED) is 0.201. The van der Waals surface area contributed by atoms with Crippen LogP contribution in [-0.2, 0) is 14.1 Å². The predicted octanol–water partition coefficient (Wildman–Crippen LogP) is 7.00. The number of anilines is 2. The summed E-state index contributed by atoms with van der Waals surface area (Å²) in [7, 11) is 5.85. The van der Waals surface area contributed by atoms with Gasteiger partial charge in [0.05, 0.1) is 0 Å². The fraction of sp³-hybridized carbons (Fsp3) is 0.111. The van der Waals surface area contributed by atoms with E-state index in [1.54, 1.807) is 7.05 Å². The van der Waals surface area contributed by atoms with Crippen LogP contribution in [0.4, 0.5) is 23.3 Å². The van der Waals surface area contributed by atoms with Crippen LogP contribution < -0.4 is 16.3 Å². The molecule has 6 bridgehead atoms. The molecular formula is C36H30N8. The van der Waals surface area contributed by atoms with Crippen LogP contribution in [0.3, 0.4) is 0 Å². The van der Waals surface area contributed by atoms with Crippen molar-refractivity contribution in [2.75, 3.05) is 12.4 Å². The lowest BCUT2D eigenvalue weighted by atomic mass is 10.0. The zero-order valence-electron chi connectivity index (χ0n) is 24.9. The molecular weight excluding hydrogens is 544 g/mol. The first-order valence-corrected chi connectivity index (χ1v) is 14.6. The monoisotopic (exact) mass is 574 g/mol. The number of fused-ring (bicyclic) bond motifs is 16. The maximum Gasteiger partial charge on any atom is 0.157 e. The molecule has 0 radical (unpaired) electrons. The van der Waals surface area contributed by atoms with Crippen molar-refractivity contribution in [3.8, 4) is 0 Å². The molecule has 214 valence electrons. The van der Waals surface area contributed by atoms with Gasteiger partial charge in [0.25, 0.3) is 0 Å². The maximum absolute atomic E-state index is 5.26. The van der Waals surface area contributed by atoms with Gasteiger partial charge in [-0.05, 0) is 6.92 Å². The lowest BCUT2D eigenvalue weighted by Crippen LogP contribution is -2.25. The van der Waals surface area contributed by atoms with Crippen LogP contribution in [0.5, 0.6) is 0 Å². The third-order valence-electron chi connectivity index (χ3n) is 8.53. The van der Waals surface area contributed by atoms with E-state index in [1.807, 2.05) is 37.4 Å². The lowest BCUT2D eigenvalue weighted by Gasteiger charge is -2.11. The number of aliphatic imine (C=N–C) groups is 2. The molecule has 4 aromatic carbocycles. The summed E-state index contributed by atoms with van der Waals surface area (Å²) in [5, 5.41) is 9.97. The van der Waals surface area contributed by atoms with E-state index in [2.05, 4.69) is 105 Å². The van der Waals surface area contributed by atoms with Gasteiger partial charge in [0.1, 0.15) is 34.2 Å². The van der Waals surface area contributed by atoms with E-state index in [-0.39, 0.29) is 0 Å². The Bertz CT molecular complexity index is 2470. The first-order chi connectivity index (χ1) is 21.5. The second kappa shape index (κ2) is 9.91. The topological polar surface area (TPSA) is 87.1 Å². The number of H-pyrrole nitrogens is 1. The molecule has 0 aliphatic carbocycles. The van der Waals surface area contributed by atoms with Crippen molar-refractivity contribution >= 4 is 67.1 Å². The van der Waals surface area contributed by atoms with Crippen LogP contribution in [0.1, 0.15) is 18.1 Å². The lowest BCUT2D eigenvalue weighted by molar-refractivity contribution is 0.817. The Hall–Kier alpha value is -5.76. The first-order valence-electron chi connectivity index (χ1n) is 14.6. The average Bonchev–Trinajstić information content (AvgIpc) is 3.63. The molecule has 44 heavy (non-hydrogen) atoms. The minimum atomic E-state index is 0.629. The Balaban J connectivity index is 1.54. The van der Waals surface area contributed by atoms with Gasteiger partial charge in [-0.25, -0.2) is 15.0 Å². The number of aromatic amines is 1. The number of hydrogen-bond acceptors (Lipinski definition) is 4. The number of nitrogens with one attached hydrogen (secondary N) is 2. The molecule has 8 nitrogen and oxygen atoms in total. The van der Waals surface area contributed by atoms with Gasteiger partial charge in [-0.15, -0.1) is 0 Å². The van der Waals surface area contributed by atoms with Gasteiger partial charge >= 0.3 is 0 Å². The SMILES string of the molecule is CN=C1N=c2c3ccccc3c(n2C)=Nc2[nH]c(c3ccccc23)Nc2c3ccccc3c(n2C)N=C(C)c2ccccc21. The number of rotatable bonds is 0. The largest absolute Gasteiger partial charge is 0.327 e. The van der Waals surface area contributed by atoms with Crippen molar-refractivity contribution in [1.29, 1.82) is 0 Å². The van der Waals surface area contributed by atoms with Gasteiger partial charge in [-0.1, -0.05) is 97.1 Å². The zero-order chi connectivity index (χ0) is 29.9. The fourth-order valence-corrected chi connectivity index (χ4v) is 6.36. The Morgan fingerprint density at radius 2 is 1.16 bits per heavy atom. The molecule has 0 fully saturated rings. The Morgan fingerprint density at radius 1 is 0.591 bits per heavy atom. The number of aromatic nitrogens is 3. The molecule has 8 heteroatoms. The van der Waals surface area contributed by atoms with E-state index >= 15 is 0 Å². The second-order valence-corrected chi connectivity index (χ2v) is 11.1. The predicted molar refractivity (Wildman–Crippen MR) is 180 cm³/mol. The van der Waals surface area contributed by atoms with Crippen LogP contribution in [0.25, 0.3) is 32.3 Å². The number of amidine groups is 1. The van der Waals surface area contributed by atoms with Crippen molar-refractivity contribution in [1.82, 2.24) is 14.1 Å². The van der Waals surface area contributed by atoms with Crippen LogP contribution in [-0.4, -0.2) is 32.7 Å². The van der Waals surface area contributed by atoms with E-state index in [9.17, 15) is 0 Å². The summed E-state index contributed by atoms with van der Waals surface area (Å²) in [6.45, 7) is 2.05. The molecule has 0 atom stereocenters. The summed E-state index contributed by atoms with van der Waals surface area (Å²) < 4.78 is 4.17. The van der Waals surface area contributed by atoms with Crippen molar-refractivity contribution in [3.63, 3.8) is 0 Å². The third kappa shape index (κ3) is 3.84. The Morgan fingerprint density at radius 3 is 1.86 bits per heavy atom. The number of nitrogens with zero attached hydrogens (tertiary/aromatic N) is 6. The highest BCUT2D eigenvalue weighted by Gasteiger charge is 2.19. The van der Waals surface area contributed by atoms with Crippen LogP contribution in [0, 0.1) is 0 Å². The smallest absolute Gasteiger partial charge is 0.157 e. The van der Waals surface area contributed by atoms with Crippen molar-refractivity contribution < 1.29 is 0 Å². The summed E-state index contributed by atoms with van der Waals surface area (Å²) in [5.41, 5.74) is 4.37. The van der Waals surface area contributed by atoms with Crippen molar-refractivity contribution in [2.24, 2.45) is 34.1 Å². The molecule has 7 aromatic rings. The molecule has 0 amide bonds. The molecule has 3 aromatic heterocycles. The summed E-state index contributed by atoms with van der Waals surface area (Å²) in [6, 6.07) is 33.2. The molecule has 0 spiro atoms. The number of hydrogen-bond donors (Lipinski definition) is 2. The third-order valence-corrected chi connectivity index (χ3v) is 8.53. The van der Waals surface area contributed by atoms with Crippen molar-refractivity contribution in [3.05, 3.63) is 119 Å². The number of benzene rings is 4. The summed E-state index contributed by atoms with van der Waals surface area (Å²) in [4.78, 5) is 24.0. The van der Waals surface area contributed by atoms with E-state index in [0.29, 0.717) is 5.84 Å². The summed E-state index contributed by atoms with van der Waals surface area (Å²) in [6.07, 6.45) is 0. The molecule has 1 aliphatic rings. The minimum Gasteiger partial charge on any atom is -0.327 e. The van der Waals surface area contributed by atoms with E-state index in [4.69, 9.17) is 15.0 Å². The van der Waals surface area contributed by atoms with Gasteiger partial charge < -0.3 is 19.4 Å². The van der Waals surface area contributed by atoms with Crippen LogP contribution in [0.2, 0.25) is 0 Å². The molecule has 4 heterocycles. The fourth-order valence-electron chi connectivity index (χ4n) is 6.36. The second-order valence-electron chi connectivity index (χ2n) is 11.1. The Kier molecular flexibility index (Phi) is 5.84. The van der Waals surface area contributed by atoms with Gasteiger partial charge in [0, 0.05) is 70.3 Å². The highest BCUT2D eigenvalue weighted by atomic mass is 15.2. The molecule has 1 aliphatic heterocycles. The molecule has 8 rings (SSSR count). The van der Waals surface area contributed by atoms with Crippen LogP contribution in [0.15, 0.2) is 117 Å². The van der Waals surface area contributed by atoms with Crippen molar-refractivity contribution in [2.45, 2.75) is 6.92 Å². The van der Waals surface area contributed by atoms with Gasteiger partial charge in [0.15, 0.2) is 5.84 Å². The van der Waals surface area contributed by atoms with E-state index in [1.165, 1.54) is 0 Å². The Labute approximate surface area is 253 Å². The zero-order valence-corrected chi connectivity index (χ0v) is 24.9. The maximum atomic E-state index is 5.26. The molecule has 2 N–H and O–H groups in total. The van der Waals surface area contributed by atoms with Crippen LogP contribution >= 0.6 is 0 Å². The van der Waals surface area contributed by atoms with E-state index in [0.717, 1.165) is 83.4 Å². The molecule has 0 saturated carbocycles. The highest BCUT2D eigenvalue weighted by molar-refractivity contribution is 6.14. The average molecular weight is 575 g/mol. The van der Waals surface area contributed by atoms with E-state index < -0.39 is 0 Å². The summed E-state index contributed by atoms with van der Waals surface area (Å²) >= 11 is 0. The van der Waals surface area contributed by atoms with Gasteiger partial charge in [-0.3, -0.25) is 4.99 Å². The van der Waals surface area contributed by atoms with Gasteiger partial charge in [0.2, 0.25) is 0 Å². The van der Waals surface area contributed by atoms with Gasteiger partial charge in [-0.2, -0.15) is 0 Å². The summed E-state index contributed by atoms with van der Waals surface area (Å²) in [5.74, 6) is 4.08.